The first-order chi connectivity index (χ1) is 6.23. The molecule has 3 heteroatoms. The van der Waals surface area contributed by atoms with Gasteiger partial charge in [-0.2, -0.15) is 0 Å². The first-order valence-electron chi connectivity index (χ1n) is 5.40. The fraction of sp³-hybridized carbons (Fsp3) is 1.00. The zero-order chi connectivity index (χ0) is 11.4. The number of hydrogen-bond acceptors (Lipinski definition) is 3. The van der Waals surface area contributed by atoms with Gasteiger partial charge in [-0.25, -0.2) is 0 Å². The molecule has 0 rings (SSSR count). The molecule has 0 spiro atoms. The van der Waals surface area contributed by atoms with Gasteiger partial charge in [-0.3, -0.25) is 4.90 Å². The molecule has 0 aromatic carbocycles. The third-order valence-corrected chi connectivity index (χ3v) is 2.73. The van der Waals surface area contributed by atoms with E-state index in [9.17, 15) is 5.11 Å². The average molecular weight is 202 g/mol. The number of hydrogen-bond donors (Lipinski definition) is 2. The van der Waals surface area contributed by atoms with Crippen molar-refractivity contribution >= 4 is 0 Å². The van der Waals surface area contributed by atoms with E-state index in [1.807, 2.05) is 13.8 Å². The van der Waals surface area contributed by atoms with E-state index in [1.165, 1.54) is 0 Å². The zero-order valence-electron chi connectivity index (χ0n) is 10.3. The van der Waals surface area contributed by atoms with Gasteiger partial charge in [0, 0.05) is 18.6 Å². The molecule has 0 unspecified atom stereocenters. The summed E-state index contributed by atoms with van der Waals surface area (Å²) >= 11 is 0. The minimum absolute atomic E-state index is 0.0278. The van der Waals surface area contributed by atoms with Crippen LogP contribution in [0.2, 0.25) is 0 Å². The molecule has 14 heavy (non-hydrogen) atoms. The van der Waals surface area contributed by atoms with Crippen molar-refractivity contribution in [3.63, 3.8) is 0 Å². The summed E-state index contributed by atoms with van der Waals surface area (Å²) in [6.45, 7) is 12.6. The second-order valence-corrected chi connectivity index (χ2v) is 5.16. The summed E-state index contributed by atoms with van der Waals surface area (Å²) in [5.74, 6) is 0. The van der Waals surface area contributed by atoms with Crippen LogP contribution in [0.5, 0.6) is 0 Å². The minimum Gasteiger partial charge on any atom is -0.390 e. The molecule has 0 aromatic rings. The molecular weight excluding hydrogens is 176 g/mol. The van der Waals surface area contributed by atoms with Crippen LogP contribution in [-0.2, 0) is 0 Å². The normalized spacial score (nSPS) is 13.7. The van der Waals surface area contributed by atoms with Crippen molar-refractivity contribution in [3.8, 4) is 0 Å². The lowest BCUT2D eigenvalue weighted by molar-refractivity contribution is 0.0404. The van der Waals surface area contributed by atoms with Gasteiger partial charge in [-0.1, -0.05) is 6.92 Å². The van der Waals surface area contributed by atoms with Gasteiger partial charge < -0.3 is 10.8 Å². The quantitative estimate of drug-likeness (QED) is 0.680. The molecule has 3 N–H and O–H groups in total. The van der Waals surface area contributed by atoms with Crippen molar-refractivity contribution in [1.29, 1.82) is 0 Å². The highest BCUT2D eigenvalue weighted by Gasteiger charge is 2.25. The van der Waals surface area contributed by atoms with Crippen molar-refractivity contribution < 1.29 is 5.11 Å². The SMILES string of the molecule is CCN(CCC(C)(C)O)C(C)(C)CN. The molecule has 0 aliphatic heterocycles. The number of aliphatic hydroxyl groups is 1. The predicted octanol–water partition coefficient (Wildman–Crippen LogP) is 1.21. The highest BCUT2D eigenvalue weighted by atomic mass is 16.3. The molecule has 0 aliphatic rings. The molecular formula is C11H26N2O. The molecule has 86 valence electrons. The molecule has 0 heterocycles. The van der Waals surface area contributed by atoms with E-state index in [2.05, 4.69) is 25.7 Å². The van der Waals surface area contributed by atoms with Gasteiger partial charge in [0.05, 0.1) is 5.60 Å². The molecule has 0 fully saturated rings. The topological polar surface area (TPSA) is 49.5 Å². The second kappa shape index (κ2) is 5.10. The van der Waals surface area contributed by atoms with E-state index in [-0.39, 0.29) is 5.54 Å². The molecule has 0 aromatic heterocycles. The second-order valence-electron chi connectivity index (χ2n) is 5.16. The summed E-state index contributed by atoms with van der Waals surface area (Å²) in [5.41, 5.74) is 5.16. The molecule has 0 atom stereocenters. The van der Waals surface area contributed by atoms with E-state index in [4.69, 9.17) is 5.73 Å². The van der Waals surface area contributed by atoms with Crippen LogP contribution in [0.15, 0.2) is 0 Å². The Morgan fingerprint density at radius 1 is 1.21 bits per heavy atom. The van der Waals surface area contributed by atoms with E-state index < -0.39 is 5.60 Å². The van der Waals surface area contributed by atoms with Crippen LogP contribution < -0.4 is 5.73 Å². The zero-order valence-corrected chi connectivity index (χ0v) is 10.3. The summed E-state index contributed by atoms with van der Waals surface area (Å²) in [5, 5.41) is 9.64. The van der Waals surface area contributed by atoms with Gasteiger partial charge in [-0.05, 0) is 40.7 Å². The molecule has 0 saturated carbocycles. The maximum atomic E-state index is 9.64. The van der Waals surface area contributed by atoms with Crippen LogP contribution in [0.3, 0.4) is 0 Å². The highest BCUT2D eigenvalue weighted by molar-refractivity contribution is 4.83. The Bertz CT molecular complexity index is 161. The molecule has 0 saturated heterocycles. The van der Waals surface area contributed by atoms with Crippen LogP contribution in [0.1, 0.15) is 41.0 Å². The van der Waals surface area contributed by atoms with Gasteiger partial charge in [-0.15, -0.1) is 0 Å². The van der Waals surface area contributed by atoms with Crippen molar-refractivity contribution in [2.45, 2.75) is 52.2 Å². The van der Waals surface area contributed by atoms with Crippen LogP contribution >= 0.6 is 0 Å². The Hall–Kier alpha value is -0.120. The summed E-state index contributed by atoms with van der Waals surface area (Å²) in [4.78, 5) is 2.31. The summed E-state index contributed by atoms with van der Waals surface area (Å²) in [6.07, 6.45) is 0.782. The van der Waals surface area contributed by atoms with E-state index >= 15 is 0 Å². The Balaban J connectivity index is 4.17. The molecule has 0 bridgehead atoms. The Morgan fingerprint density at radius 3 is 2.00 bits per heavy atom. The van der Waals surface area contributed by atoms with E-state index in [0.29, 0.717) is 6.54 Å². The first-order valence-corrected chi connectivity index (χ1v) is 5.40. The Morgan fingerprint density at radius 2 is 1.71 bits per heavy atom. The molecule has 0 amide bonds. The maximum absolute atomic E-state index is 9.64. The number of rotatable bonds is 6. The number of likely N-dealkylation sites (N-methyl/N-ethyl adjacent to an activating group) is 1. The van der Waals surface area contributed by atoms with E-state index in [0.717, 1.165) is 19.5 Å². The fourth-order valence-electron chi connectivity index (χ4n) is 1.43. The minimum atomic E-state index is -0.585. The molecule has 0 aliphatic carbocycles. The van der Waals surface area contributed by atoms with Crippen LogP contribution in [0.4, 0.5) is 0 Å². The van der Waals surface area contributed by atoms with Gasteiger partial charge in [0.2, 0.25) is 0 Å². The van der Waals surface area contributed by atoms with Gasteiger partial charge in [0.25, 0.3) is 0 Å². The van der Waals surface area contributed by atoms with Crippen LogP contribution in [0.25, 0.3) is 0 Å². The lowest BCUT2D eigenvalue weighted by Gasteiger charge is -2.38. The predicted molar refractivity (Wildman–Crippen MR) is 61.3 cm³/mol. The monoisotopic (exact) mass is 202 g/mol. The van der Waals surface area contributed by atoms with Crippen LogP contribution in [0, 0.1) is 0 Å². The third-order valence-electron chi connectivity index (χ3n) is 2.73. The molecule has 0 radical (unpaired) electrons. The highest BCUT2D eigenvalue weighted by Crippen LogP contribution is 2.16. The number of nitrogens with zero attached hydrogens (tertiary/aromatic N) is 1. The number of nitrogens with two attached hydrogens (primary N) is 1. The van der Waals surface area contributed by atoms with Crippen molar-refractivity contribution in [2.24, 2.45) is 5.73 Å². The largest absolute Gasteiger partial charge is 0.390 e. The lowest BCUT2D eigenvalue weighted by Crippen LogP contribution is -2.50. The maximum Gasteiger partial charge on any atom is 0.0603 e. The summed E-state index contributed by atoms with van der Waals surface area (Å²) < 4.78 is 0. The summed E-state index contributed by atoms with van der Waals surface area (Å²) in [7, 11) is 0. The van der Waals surface area contributed by atoms with Gasteiger partial charge >= 0.3 is 0 Å². The van der Waals surface area contributed by atoms with Crippen molar-refractivity contribution in [2.75, 3.05) is 19.6 Å². The van der Waals surface area contributed by atoms with Crippen molar-refractivity contribution in [1.82, 2.24) is 4.90 Å². The fourth-order valence-corrected chi connectivity index (χ4v) is 1.43. The smallest absolute Gasteiger partial charge is 0.0603 e. The van der Waals surface area contributed by atoms with E-state index in [1.54, 1.807) is 0 Å². The van der Waals surface area contributed by atoms with Gasteiger partial charge in [0.15, 0.2) is 0 Å². The average Bonchev–Trinajstić information content (AvgIpc) is 2.03. The van der Waals surface area contributed by atoms with Gasteiger partial charge in [0.1, 0.15) is 0 Å². The Labute approximate surface area is 88.3 Å². The summed E-state index contributed by atoms with van der Waals surface area (Å²) in [6, 6.07) is 0. The van der Waals surface area contributed by atoms with Crippen LogP contribution in [-0.4, -0.2) is 40.8 Å². The standard InChI is InChI=1S/C11H26N2O/c1-6-13(10(2,3)9-12)8-7-11(4,5)14/h14H,6-9,12H2,1-5H3. The first kappa shape index (κ1) is 13.9. The third kappa shape index (κ3) is 4.94. The molecule has 3 nitrogen and oxygen atoms in total. The van der Waals surface area contributed by atoms with Crippen molar-refractivity contribution in [3.05, 3.63) is 0 Å². The Kier molecular flexibility index (Phi) is 5.06. The lowest BCUT2D eigenvalue weighted by atomic mass is 10.00.